The number of thiazole rings is 1. The molecule has 0 aliphatic carbocycles. The van der Waals surface area contributed by atoms with Crippen molar-refractivity contribution >= 4 is 11.3 Å². The number of hydrogen-bond donors (Lipinski definition) is 1. The number of hydrogen-bond acceptors (Lipinski definition) is 3. The molecule has 0 radical (unpaired) electrons. The van der Waals surface area contributed by atoms with Crippen LogP contribution in [0.1, 0.15) is 18.4 Å². The summed E-state index contributed by atoms with van der Waals surface area (Å²) in [5, 5.41) is 6.49. The molecule has 1 heterocycles. The molecule has 0 amide bonds. The Bertz CT molecular complexity index is 529. The van der Waals surface area contributed by atoms with Gasteiger partial charge in [-0.15, -0.1) is 11.3 Å². The van der Waals surface area contributed by atoms with Crippen LogP contribution in [0.4, 0.5) is 0 Å². The molecule has 1 aromatic carbocycles. The number of aromatic nitrogens is 1. The number of benzene rings is 1. The van der Waals surface area contributed by atoms with Gasteiger partial charge in [0.1, 0.15) is 0 Å². The standard InChI is InChI=1S/C16H20N2S/c1-13(7-6-10-17-2)11-16-18-15(12-19-16)14-8-4-3-5-9-14/h3-5,7-9,12,17H,6,10-11H2,1-2H3. The fraction of sp³-hybridized carbons (Fsp3) is 0.312. The van der Waals surface area contributed by atoms with Gasteiger partial charge in [-0.2, -0.15) is 0 Å². The highest BCUT2D eigenvalue weighted by Crippen LogP contribution is 2.23. The fourth-order valence-corrected chi connectivity index (χ4v) is 2.81. The minimum absolute atomic E-state index is 0.960. The van der Waals surface area contributed by atoms with Gasteiger partial charge in [0.05, 0.1) is 10.7 Å². The average Bonchev–Trinajstić information content (AvgIpc) is 2.88. The van der Waals surface area contributed by atoms with E-state index in [2.05, 4.69) is 48.0 Å². The molecule has 19 heavy (non-hydrogen) atoms. The Hall–Kier alpha value is -1.45. The van der Waals surface area contributed by atoms with Crippen molar-refractivity contribution in [2.24, 2.45) is 0 Å². The molecular formula is C16H20N2S. The van der Waals surface area contributed by atoms with Crippen LogP contribution >= 0.6 is 11.3 Å². The number of nitrogens with zero attached hydrogens (tertiary/aromatic N) is 1. The molecule has 0 aliphatic heterocycles. The van der Waals surface area contributed by atoms with Crippen LogP contribution in [-0.2, 0) is 6.42 Å². The highest BCUT2D eigenvalue weighted by molar-refractivity contribution is 7.10. The zero-order valence-electron chi connectivity index (χ0n) is 11.5. The molecule has 100 valence electrons. The predicted molar refractivity (Wildman–Crippen MR) is 83.6 cm³/mol. The van der Waals surface area contributed by atoms with Crippen molar-refractivity contribution in [2.45, 2.75) is 19.8 Å². The summed E-state index contributed by atoms with van der Waals surface area (Å²) in [6.45, 7) is 3.21. The van der Waals surface area contributed by atoms with Crippen molar-refractivity contribution in [2.75, 3.05) is 13.6 Å². The second kappa shape index (κ2) is 7.22. The van der Waals surface area contributed by atoms with Gasteiger partial charge in [0.25, 0.3) is 0 Å². The minimum atomic E-state index is 0.960. The third kappa shape index (κ3) is 4.30. The first-order valence-electron chi connectivity index (χ1n) is 6.59. The fourth-order valence-electron chi connectivity index (χ4n) is 1.91. The molecule has 1 N–H and O–H groups in total. The summed E-state index contributed by atoms with van der Waals surface area (Å²) in [5.41, 5.74) is 3.68. The lowest BCUT2D eigenvalue weighted by Crippen LogP contribution is -2.06. The monoisotopic (exact) mass is 272 g/mol. The molecule has 2 aromatic rings. The van der Waals surface area contributed by atoms with Gasteiger partial charge < -0.3 is 5.32 Å². The third-order valence-corrected chi connectivity index (χ3v) is 3.79. The molecule has 0 saturated heterocycles. The van der Waals surface area contributed by atoms with Crippen molar-refractivity contribution < 1.29 is 0 Å². The SMILES string of the molecule is CNCCC=C(C)Cc1nc(-c2ccccc2)cs1. The summed E-state index contributed by atoms with van der Waals surface area (Å²) in [6.07, 6.45) is 4.33. The topological polar surface area (TPSA) is 24.9 Å². The first kappa shape index (κ1) is 14.0. The maximum absolute atomic E-state index is 4.71. The van der Waals surface area contributed by atoms with Gasteiger partial charge in [-0.3, -0.25) is 0 Å². The lowest BCUT2D eigenvalue weighted by Gasteiger charge is -1.99. The Morgan fingerprint density at radius 1 is 1.32 bits per heavy atom. The van der Waals surface area contributed by atoms with Crippen molar-refractivity contribution in [1.82, 2.24) is 10.3 Å². The Balaban J connectivity index is 2.00. The lowest BCUT2D eigenvalue weighted by molar-refractivity contribution is 0.802. The van der Waals surface area contributed by atoms with E-state index in [1.807, 2.05) is 13.1 Å². The number of allylic oxidation sites excluding steroid dienone is 1. The van der Waals surface area contributed by atoms with Gasteiger partial charge in [0.2, 0.25) is 0 Å². The average molecular weight is 272 g/mol. The third-order valence-electron chi connectivity index (χ3n) is 2.94. The molecular weight excluding hydrogens is 252 g/mol. The first-order chi connectivity index (χ1) is 9.29. The number of rotatable bonds is 6. The van der Waals surface area contributed by atoms with E-state index in [9.17, 15) is 0 Å². The van der Waals surface area contributed by atoms with Gasteiger partial charge in [-0.05, 0) is 26.9 Å². The first-order valence-corrected chi connectivity index (χ1v) is 7.47. The molecule has 0 fully saturated rings. The van der Waals surface area contributed by atoms with Crippen molar-refractivity contribution in [3.8, 4) is 11.3 Å². The van der Waals surface area contributed by atoms with Gasteiger partial charge in [0, 0.05) is 17.4 Å². The van der Waals surface area contributed by atoms with Crippen LogP contribution in [-0.4, -0.2) is 18.6 Å². The van der Waals surface area contributed by atoms with E-state index in [0.29, 0.717) is 0 Å². The molecule has 2 rings (SSSR count). The Labute approximate surface area is 119 Å². The van der Waals surface area contributed by atoms with E-state index in [1.54, 1.807) is 11.3 Å². The molecule has 0 atom stereocenters. The van der Waals surface area contributed by atoms with E-state index >= 15 is 0 Å². The van der Waals surface area contributed by atoms with E-state index < -0.39 is 0 Å². The second-order valence-electron chi connectivity index (χ2n) is 4.61. The summed E-state index contributed by atoms with van der Waals surface area (Å²) in [7, 11) is 1.98. The summed E-state index contributed by atoms with van der Waals surface area (Å²) in [4.78, 5) is 4.71. The quantitative estimate of drug-likeness (QED) is 0.637. The molecule has 1 aromatic heterocycles. The van der Waals surface area contributed by atoms with E-state index in [1.165, 1.54) is 16.1 Å². The van der Waals surface area contributed by atoms with E-state index in [4.69, 9.17) is 4.98 Å². The van der Waals surface area contributed by atoms with Crippen LogP contribution < -0.4 is 5.32 Å². The Morgan fingerprint density at radius 2 is 2.11 bits per heavy atom. The second-order valence-corrected chi connectivity index (χ2v) is 5.55. The zero-order valence-corrected chi connectivity index (χ0v) is 12.3. The molecule has 0 aliphatic rings. The van der Waals surface area contributed by atoms with Crippen molar-refractivity contribution in [1.29, 1.82) is 0 Å². The zero-order chi connectivity index (χ0) is 13.5. The van der Waals surface area contributed by atoms with Crippen LogP contribution in [0.3, 0.4) is 0 Å². The van der Waals surface area contributed by atoms with Gasteiger partial charge in [0.15, 0.2) is 0 Å². The summed E-state index contributed by atoms with van der Waals surface area (Å²) in [5.74, 6) is 0. The Kier molecular flexibility index (Phi) is 5.31. The molecule has 0 unspecified atom stereocenters. The van der Waals surface area contributed by atoms with Crippen LogP contribution in [0.2, 0.25) is 0 Å². The number of nitrogens with one attached hydrogen (secondary N) is 1. The normalized spacial score (nSPS) is 11.8. The molecule has 3 heteroatoms. The van der Waals surface area contributed by atoms with Gasteiger partial charge >= 0.3 is 0 Å². The summed E-state index contributed by atoms with van der Waals surface area (Å²) < 4.78 is 0. The van der Waals surface area contributed by atoms with Crippen molar-refractivity contribution in [3.05, 3.63) is 52.4 Å². The molecule has 0 spiro atoms. The summed E-state index contributed by atoms with van der Waals surface area (Å²) in [6, 6.07) is 10.4. The largest absolute Gasteiger partial charge is 0.319 e. The molecule has 0 saturated carbocycles. The maximum atomic E-state index is 4.71. The van der Waals surface area contributed by atoms with Crippen LogP contribution in [0, 0.1) is 0 Å². The minimum Gasteiger partial charge on any atom is -0.319 e. The summed E-state index contributed by atoms with van der Waals surface area (Å²) >= 11 is 1.74. The maximum Gasteiger partial charge on any atom is 0.0973 e. The molecule has 0 bridgehead atoms. The Morgan fingerprint density at radius 3 is 2.84 bits per heavy atom. The van der Waals surface area contributed by atoms with Gasteiger partial charge in [-0.1, -0.05) is 42.0 Å². The van der Waals surface area contributed by atoms with Crippen molar-refractivity contribution in [3.63, 3.8) is 0 Å². The highest BCUT2D eigenvalue weighted by atomic mass is 32.1. The van der Waals surface area contributed by atoms with Crippen LogP contribution in [0.25, 0.3) is 11.3 Å². The van der Waals surface area contributed by atoms with Crippen LogP contribution in [0.15, 0.2) is 47.4 Å². The van der Waals surface area contributed by atoms with Gasteiger partial charge in [-0.25, -0.2) is 4.98 Å². The predicted octanol–water partition coefficient (Wildman–Crippen LogP) is 3.91. The highest BCUT2D eigenvalue weighted by Gasteiger charge is 2.04. The lowest BCUT2D eigenvalue weighted by atomic mass is 10.1. The van der Waals surface area contributed by atoms with E-state index in [-0.39, 0.29) is 0 Å². The van der Waals surface area contributed by atoms with E-state index in [0.717, 1.165) is 25.1 Å². The van der Waals surface area contributed by atoms with Crippen LogP contribution in [0.5, 0.6) is 0 Å². The smallest absolute Gasteiger partial charge is 0.0973 e. The molecule has 2 nitrogen and oxygen atoms in total.